The van der Waals surface area contributed by atoms with Crippen LogP contribution < -0.4 is 9.95 Å². The normalized spacial score (nSPS) is 11.6. The second-order valence-electron chi connectivity index (χ2n) is 5.25. The number of para-hydroxylation sites is 1. The third-order valence-electron chi connectivity index (χ3n) is 3.50. The summed E-state index contributed by atoms with van der Waals surface area (Å²) in [4.78, 5) is 13.1. The molecule has 0 aliphatic heterocycles. The Morgan fingerprint density at radius 2 is 1.85 bits per heavy atom. The Morgan fingerprint density at radius 3 is 2.50 bits per heavy atom. The molecule has 0 atom stereocenters. The van der Waals surface area contributed by atoms with Gasteiger partial charge >= 0.3 is 6.72 Å². The summed E-state index contributed by atoms with van der Waals surface area (Å²) in [6.07, 6.45) is 0. The fourth-order valence-electron chi connectivity index (χ4n) is 2.45. The van der Waals surface area contributed by atoms with Gasteiger partial charge in [-0.15, -0.1) is 0 Å². The summed E-state index contributed by atoms with van der Waals surface area (Å²) in [5.41, 5.74) is 0.795. The average Bonchev–Trinajstić information content (AvgIpc) is 2.65. The molecule has 0 N–H and O–H groups in total. The molecule has 1 heterocycles. The molecule has 0 spiro atoms. The van der Waals surface area contributed by atoms with Crippen LogP contribution in [-0.4, -0.2) is 13.2 Å². The van der Waals surface area contributed by atoms with Gasteiger partial charge in [0.1, 0.15) is 5.58 Å². The summed E-state index contributed by atoms with van der Waals surface area (Å²) in [6.45, 7) is 1.07. The predicted octanol–water partition coefficient (Wildman–Crippen LogP) is 4.94. The van der Waals surface area contributed by atoms with Crippen molar-refractivity contribution in [3.8, 4) is 17.1 Å². The quantitative estimate of drug-likeness (QED) is 0.534. The first-order valence-electron chi connectivity index (χ1n) is 8.19. The minimum absolute atomic E-state index is 0.00599. The van der Waals surface area contributed by atoms with Crippen LogP contribution in [0.25, 0.3) is 22.3 Å². The van der Waals surface area contributed by atoms with Crippen LogP contribution in [0.5, 0.6) is 5.75 Å². The fraction of sp³-hybridized carbons (Fsp3) is 0.211. The Labute approximate surface area is 156 Å². The molecule has 0 aliphatic rings. The number of benzene rings is 2. The lowest BCUT2D eigenvalue weighted by Crippen LogP contribution is -2.11. The van der Waals surface area contributed by atoms with Crippen LogP contribution in [0, 0.1) is 6.07 Å². The largest absolute Gasteiger partial charge is 0.452 e. The molecule has 0 aliphatic carbocycles. The van der Waals surface area contributed by atoms with Gasteiger partial charge in [-0.3, -0.25) is 13.8 Å². The Morgan fingerprint density at radius 1 is 1.12 bits per heavy atom. The van der Waals surface area contributed by atoms with E-state index in [-0.39, 0.29) is 16.9 Å². The van der Waals surface area contributed by atoms with Crippen LogP contribution in [-0.2, 0) is 20.9 Å². The molecule has 1 aromatic heterocycles. The van der Waals surface area contributed by atoms with Crippen molar-refractivity contribution in [3.05, 3.63) is 64.8 Å². The van der Waals surface area contributed by atoms with E-state index in [1.807, 2.05) is 0 Å². The van der Waals surface area contributed by atoms with Crippen LogP contribution in [0.3, 0.4) is 0 Å². The smallest absolute Gasteiger partial charge is 0.380 e. The topological polar surface area (TPSA) is 57.9 Å². The highest BCUT2D eigenvalue weighted by Gasteiger charge is 2.27. The van der Waals surface area contributed by atoms with E-state index < -0.39 is 6.72 Å². The molecule has 0 unspecified atom stereocenters. The summed E-state index contributed by atoms with van der Waals surface area (Å²) in [6, 6.07) is 17.0. The van der Waals surface area contributed by atoms with E-state index in [1.54, 1.807) is 62.4 Å². The zero-order valence-corrected chi connectivity index (χ0v) is 16.1. The lowest BCUT2D eigenvalue weighted by molar-refractivity contribution is 0.217. The SMILES string of the molecule is CCOP(=S)(OCC)Oc1c(-c2c[c]ccc2)oc2ccccc2c1=O. The summed E-state index contributed by atoms with van der Waals surface area (Å²) in [7, 11) is 0. The molecule has 1 radical (unpaired) electrons. The third kappa shape index (κ3) is 3.89. The molecule has 7 heteroatoms. The molecule has 0 saturated heterocycles. The second kappa shape index (κ2) is 8.14. The standard InChI is InChI=1S/C19H18O5PS/c1-3-21-25(26,22-4-2)24-19-17(20)15-12-8-9-13-16(15)23-18(19)14-10-6-5-7-11-14/h5-6,8-13H,3-4H2,1-2H3. The zero-order valence-electron chi connectivity index (χ0n) is 14.4. The highest BCUT2D eigenvalue weighted by atomic mass is 32.5. The van der Waals surface area contributed by atoms with Crippen LogP contribution >= 0.6 is 6.72 Å². The molecular weight excluding hydrogens is 371 g/mol. The van der Waals surface area contributed by atoms with Gasteiger partial charge in [0.05, 0.1) is 18.6 Å². The van der Waals surface area contributed by atoms with Crippen LogP contribution in [0.1, 0.15) is 13.8 Å². The Balaban J connectivity index is 2.23. The maximum atomic E-state index is 13.1. The maximum Gasteiger partial charge on any atom is 0.380 e. The van der Waals surface area contributed by atoms with Gasteiger partial charge < -0.3 is 8.94 Å². The van der Waals surface area contributed by atoms with Crippen molar-refractivity contribution < 1.29 is 18.0 Å². The molecule has 3 rings (SSSR count). The molecular formula is C19H18O5PS. The van der Waals surface area contributed by atoms with Crippen molar-refractivity contribution in [2.45, 2.75) is 13.8 Å². The van der Waals surface area contributed by atoms with Gasteiger partial charge in [-0.2, -0.15) is 0 Å². The maximum absolute atomic E-state index is 13.1. The molecule has 26 heavy (non-hydrogen) atoms. The van der Waals surface area contributed by atoms with Crippen molar-refractivity contribution in [1.82, 2.24) is 0 Å². The average molecular weight is 389 g/mol. The number of rotatable bonds is 7. The van der Waals surface area contributed by atoms with E-state index in [4.69, 9.17) is 29.8 Å². The third-order valence-corrected chi connectivity index (χ3v) is 5.91. The molecule has 0 bridgehead atoms. The van der Waals surface area contributed by atoms with Gasteiger partial charge in [0.15, 0.2) is 5.76 Å². The molecule has 5 nitrogen and oxygen atoms in total. The monoisotopic (exact) mass is 389 g/mol. The lowest BCUT2D eigenvalue weighted by Gasteiger charge is -2.21. The van der Waals surface area contributed by atoms with E-state index >= 15 is 0 Å². The molecule has 2 aromatic carbocycles. The van der Waals surface area contributed by atoms with Crippen LogP contribution in [0.4, 0.5) is 0 Å². The van der Waals surface area contributed by atoms with Gasteiger partial charge in [-0.25, -0.2) is 0 Å². The van der Waals surface area contributed by atoms with E-state index in [1.165, 1.54) is 0 Å². The molecule has 3 aromatic rings. The number of hydrogen-bond acceptors (Lipinski definition) is 6. The van der Waals surface area contributed by atoms with Gasteiger partial charge in [-0.1, -0.05) is 30.3 Å². The first-order valence-corrected chi connectivity index (χ1v) is 10.7. The molecule has 135 valence electrons. The summed E-state index contributed by atoms with van der Waals surface area (Å²) in [5, 5.41) is 0.403. The Kier molecular flexibility index (Phi) is 5.89. The van der Waals surface area contributed by atoms with Crippen molar-refractivity contribution in [2.75, 3.05) is 13.2 Å². The molecule has 0 saturated carbocycles. The highest BCUT2D eigenvalue weighted by molar-refractivity contribution is 8.07. The minimum atomic E-state index is -3.13. The summed E-state index contributed by atoms with van der Waals surface area (Å²) >= 11 is 5.43. The summed E-state index contributed by atoms with van der Waals surface area (Å²) in [5.74, 6) is 0.271. The molecule has 0 fully saturated rings. The van der Waals surface area contributed by atoms with Gasteiger partial charge in [-0.05, 0) is 38.1 Å². The van der Waals surface area contributed by atoms with Gasteiger partial charge in [0, 0.05) is 17.4 Å². The van der Waals surface area contributed by atoms with Gasteiger partial charge in [0.25, 0.3) is 0 Å². The Hall–Kier alpha value is -1.98. The zero-order chi connectivity index (χ0) is 18.6. The Bertz CT molecular complexity index is 990. The van der Waals surface area contributed by atoms with Crippen LogP contribution in [0.2, 0.25) is 0 Å². The van der Waals surface area contributed by atoms with Gasteiger partial charge in [0.2, 0.25) is 11.2 Å². The van der Waals surface area contributed by atoms with Crippen LogP contribution in [0.15, 0.2) is 57.7 Å². The fourth-order valence-corrected chi connectivity index (χ4v) is 4.51. The van der Waals surface area contributed by atoms with E-state index in [2.05, 4.69) is 6.07 Å². The second-order valence-corrected chi connectivity index (χ2v) is 8.19. The van der Waals surface area contributed by atoms with Crippen molar-refractivity contribution >= 4 is 29.5 Å². The minimum Gasteiger partial charge on any atom is -0.452 e. The lowest BCUT2D eigenvalue weighted by atomic mass is 10.1. The number of fused-ring (bicyclic) bond motifs is 1. The van der Waals surface area contributed by atoms with Crippen molar-refractivity contribution in [2.24, 2.45) is 0 Å². The van der Waals surface area contributed by atoms with E-state index in [9.17, 15) is 4.79 Å². The van der Waals surface area contributed by atoms with E-state index in [0.717, 1.165) is 0 Å². The van der Waals surface area contributed by atoms with E-state index in [0.29, 0.717) is 29.7 Å². The van der Waals surface area contributed by atoms with Crippen molar-refractivity contribution in [3.63, 3.8) is 0 Å². The molecule has 0 amide bonds. The summed E-state index contributed by atoms with van der Waals surface area (Å²) < 4.78 is 22.9. The first-order chi connectivity index (χ1) is 12.6. The highest BCUT2D eigenvalue weighted by Crippen LogP contribution is 2.51. The number of hydrogen-bond donors (Lipinski definition) is 0. The van der Waals surface area contributed by atoms with Crippen molar-refractivity contribution in [1.29, 1.82) is 0 Å². The first kappa shape index (κ1) is 18.8. The predicted molar refractivity (Wildman–Crippen MR) is 105 cm³/mol.